The summed E-state index contributed by atoms with van der Waals surface area (Å²) in [5.74, 6) is -0.991. The summed E-state index contributed by atoms with van der Waals surface area (Å²) in [6.07, 6.45) is 1.50. The molecule has 1 atom stereocenters. The highest BCUT2D eigenvalue weighted by Crippen LogP contribution is 2.01. The zero-order valence-electron chi connectivity index (χ0n) is 11.1. The molecule has 0 bridgehead atoms. The number of hydrogen-bond donors (Lipinski definition) is 1. The van der Waals surface area contributed by atoms with Crippen LogP contribution in [-0.2, 0) is 19.1 Å². The van der Waals surface area contributed by atoms with Crippen molar-refractivity contribution in [3.63, 3.8) is 0 Å². The van der Waals surface area contributed by atoms with Crippen LogP contribution in [-0.4, -0.2) is 36.4 Å². The van der Waals surface area contributed by atoms with Gasteiger partial charge in [0.25, 0.3) is 0 Å². The topological polar surface area (TPSA) is 72.8 Å². The third-order valence-corrected chi connectivity index (χ3v) is 1.99. The second-order valence-corrected chi connectivity index (χ2v) is 4.02. The minimum atomic E-state index is -0.507. The Morgan fingerprint density at radius 2 is 1.72 bits per heavy atom. The fourth-order valence-corrected chi connectivity index (χ4v) is 0.936. The van der Waals surface area contributed by atoms with Crippen molar-refractivity contribution < 1.29 is 24.2 Å². The second kappa shape index (κ2) is 8.47. The number of carbonyl (C=O) groups is 2. The van der Waals surface area contributed by atoms with E-state index in [1.165, 1.54) is 6.92 Å². The van der Waals surface area contributed by atoms with Crippen molar-refractivity contribution in [2.24, 2.45) is 0 Å². The van der Waals surface area contributed by atoms with Crippen molar-refractivity contribution in [1.82, 2.24) is 0 Å². The van der Waals surface area contributed by atoms with Gasteiger partial charge in [-0.3, -0.25) is 0 Å². The molecule has 5 heteroatoms. The van der Waals surface area contributed by atoms with Gasteiger partial charge in [-0.1, -0.05) is 12.7 Å². The molecule has 0 radical (unpaired) electrons. The van der Waals surface area contributed by atoms with Crippen molar-refractivity contribution in [1.29, 1.82) is 0 Å². The van der Waals surface area contributed by atoms with Crippen LogP contribution in [0.3, 0.4) is 0 Å². The van der Waals surface area contributed by atoms with Gasteiger partial charge in [-0.2, -0.15) is 0 Å². The van der Waals surface area contributed by atoms with E-state index in [1.807, 2.05) is 0 Å². The molecule has 18 heavy (non-hydrogen) atoms. The Kier molecular flexibility index (Phi) is 7.71. The molecule has 0 saturated heterocycles. The maximum absolute atomic E-state index is 11.4. The summed E-state index contributed by atoms with van der Waals surface area (Å²) in [6, 6.07) is 0. The normalized spacial score (nSPS) is 12.8. The molecule has 0 aliphatic carbocycles. The Bertz CT molecular complexity index is 341. The highest BCUT2D eigenvalue weighted by molar-refractivity contribution is 5.88. The summed E-state index contributed by atoms with van der Waals surface area (Å²) < 4.78 is 9.63. The molecular formula is C13H20O5. The van der Waals surface area contributed by atoms with Crippen LogP contribution in [0.15, 0.2) is 23.8 Å². The summed E-state index contributed by atoms with van der Waals surface area (Å²) in [4.78, 5) is 22.4. The van der Waals surface area contributed by atoms with Gasteiger partial charge in [0.2, 0.25) is 0 Å². The van der Waals surface area contributed by atoms with Gasteiger partial charge in [0.15, 0.2) is 0 Å². The van der Waals surface area contributed by atoms with E-state index < -0.39 is 18.0 Å². The lowest BCUT2D eigenvalue weighted by Crippen LogP contribution is -2.14. The van der Waals surface area contributed by atoms with Crippen LogP contribution in [0.5, 0.6) is 0 Å². The van der Waals surface area contributed by atoms with E-state index in [4.69, 9.17) is 14.6 Å². The Hall–Kier alpha value is -1.62. The van der Waals surface area contributed by atoms with Crippen LogP contribution < -0.4 is 0 Å². The first-order valence-corrected chi connectivity index (χ1v) is 5.69. The standard InChI is InChI=1S/C13H20O5/c1-9(2)12(15)17-7-8-18-13(16)10(3)5-6-11(4)14/h5,11,14H,1,6-8H2,2-4H3. The van der Waals surface area contributed by atoms with Crippen LogP contribution in [0.2, 0.25) is 0 Å². The minimum absolute atomic E-state index is 0.00111. The average molecular weight is 256 g/mol. The van der Waals surface area contributed by atoms with E-state index >= 15 is 0 Å². The van der Waals surface area contributed by atoms with Crippen molar-refractivity contribution in [2.75, 3.05) is 13.2 Å². The van der Waals surface area contributed by atoms with Crippen molar-refractivity contribution in [2.45, 2.75) is 33.3 Å². The summed E-state index contributed by atoms with van der Waals surface area (Å²) in [5, 5.41) is 9.05. The number of aliphatic hydroxyl groups is 1. The molecule has 0 heterocycles. The first-order valence-electron chi connectivity index (χ1n) is 5.69. The predicted molar refractivity (Wildman–Crippen MR) is 66.8 cm³/mol. The number of rotatable bonds is 7. The largest absolute Gasteiger partial charge is 0.459 e. The second-order valence-electron chi connectivity index (χ2n) is 4.02. The van der Waals surface area contributed by atoms with Gasteiger partial charge in [0.1, 0.15) is 13.2 Å². The van der Waals surface area contributed by atoms with Crippen LogP contribution in [0.1, 0.15) is 27.2 Å². The summed E-state index contributed by atoms with van der Waals surface area (Å²) in [5.41, 5.74) is 0.719. The third-order valence-electron chi connectivity index (χ3n) is 1.99. The number of aliphatic hydroxyl groups excluding tert-OH is 1. The molecule has 0 saturated carbocycles. The first kappa shape index (κ1) is 16.4. The molecule has 0 aliphatic rings. The van der Waals surface area contributed by atoms with Crippen LogP contribution >= 0.6 is 0 Å². The Labute approximate surface area is 107 Å². The molecule has 0 rings (SSSR count). The van der Waals surface area contributed by atoms with Gasteiger partial charge in [-0.05, 0) is 27.2 Å². The van der Waals surface area contributed by atoms with Crippen LogP contribution in [0.4, 0.5) is 0 Å². The summed E-state index contributed by atoms with van der Waals surface area (Å²) in [6.45, 7) is 8.19. The summed E-state index contributed by atoms with van der Waals surface area (Å²) >= 11 is 0. The van der Waals surface area contributed by atoms with Gasteiger partial charge in [-0.25, -0.2) is 9.59 Å². The number of esters is 2. The molecule has 0 aromatic heterocycles. The lowest BCUT2D eigenvalue weighted by Gasteiger charge is -2.06. The van der Waals surface area contributed by atoms with Crippen molar-refractivity contribution in [3.8, 4) is 0 Å². The number of ether oxygens (including phenoxy) is 2. The zero-order valence-corrected chi connectivity index (χ0v) is 11.1. The SMILES string of the molecule is C=C(C)C(=O)OCCOC(=O)C(C)=CCC(C)O. The van der Waals surface area contributed by atoms with Gasteiger partial charge >= 0.3 is 11.9 Å². The molecule has 1 unspecified atom stereocenters. The average Bonchev–Trinajstić information content (AvgIpc) is 2.30. The van der Waals surface area contributed by atoms with Crippen LogP contribution in [0.25, 0.3) is 0 Å². The van der Waals surface area contributed by atoms with Gasteiger partial charge in [0, 0.05) is 11.1 Å². The molecule has 1 N–H and O–H groups in total. The van der Waals surface area contributed by atoms with E-state index in [2.05, 4.69) is 6.58 Å². The Morgan fingerprint density at radius 3 is 2.17 bits per heavy atom. The minimum Gasteiger partial charge on any atom is -0.459 e. The molecule has 0 aromatic carbocycles. The maximum Gasteiger partial charge on any atom is 0.333 e. The van der Waals surface area contributed by atoms with Crippen LogP contribution in [0, 0.1) is 0 Å². The van der Waals surface area contributed by atoms with E-state index in [0.717, 1.165) is 0 Å². The van der Waals surface area contributed by atoms with Crippen molar-refractivity contribution in [3.05, 3.63) is 23.8 Å². The molecule has 5 nitrogen and oxygen atoms in total. The molecule has 0 aromatic rings. The lowest BCUT2D eigenvalue weighted by molar-refractivity contribution is -0.147. The molecule has 102 valence electrons. The molecule has 0 spiro atoms. The quantitative estimate of drug-likeness (QED) is 0.423. The third kappa shape index (κ3) is 7.62. The Morgan fingerprint density at radius 1 is 1.22 bits per heavy atom. The fourth-order valence-electron chi connectivity index (χ4n) is 0.936. The molecule has 0 aliphatic heterocycles. The monoisotopic (exact) mass is 256 g/mol. The number of hydrogen-bond acceptors (Lipinski definition) is 5. The number of carbonyl (C=O) groups excluding carboxylic acids is 2. The molecule has 0 fully saturated rings. The summed E-state index contributed by atoms with van der Waals surface area (Å²) in [7, 11) is 0. The van der Waals surface area contributed by atoms with E-state index in [1.54, 1.807) is 19.9 Å². The lowest BCUT2D eigenvalue weighted by atomic mass is 10.2. The van der Waals surface area contributed by atoms with E-state index in [0.29, 0.717) is 17.6 Å². The van der Waals surface area contributed by atoms with Gasteiger partial charge in [0.05, 0.1) is 6.10 Å². The zero-order chi connectivity index (χ0) is 14.1. The van der Waals surface area contributed by atoms with E-state index in [9.17, 15) is 9.59 Å². The first-order chi connectivity index (χ1) is 8.34. The highest BCUT2D eigenvalue weighted by atomic mass is 16.6. The van der Waals surface area contributed by atoms with Crippen molar-refractivity contribution >= 4 is 11.9 Å². The fraction of sp³-hybridized carbons (Fsp3) is 0.538. The van der Waals surface area contributed by atoms with Gasteiger partial charge < -0.3 is 14.6 Å². The molecular weight excluding hydrogens is 236 g/mol. The smallest absolute Gasteiger partial charge is 0.333 e. The van der Waals surface area contributed by atoms with E-state index in [-0.39, 0.29) is 13.2 Å². The van der Waals surface area contributed by atoms with Gasteiger partial charge in [-0.15, -0.1) is 0 Å². The molecule has 0 amide bonds. The Balaban J connectivity index is 3.87. The highest BCUT2D eigenvalue weighted by Gasteiger charge is 2.07. The maximum atomic E-state index is 11.4. The predicted octanol–water partition coefficient (Wildman–Crippen LogP) is 1.37.